The van der Waals surface area contributed by atoms with Gasteiger partial charge < -0.3 is 10.4 Å². The molecule has 0 aliphatic rings. The summed E-state index contributed by atoms with van der Waals surface area (Å²) in [6.07, 6.45) is 2.74. The first-order valence-corrected chi connectivity index (χ1v) is 8.16. The zero-order valence-electron chi connectivity index (χ0n) is 12.5. The first-order chi connectivity index (χ1) is 10.7. The summed E-state index contributed by atoms with van der Waals surface area (Å²) < 4.78 is 0. The van der Waals surface area contributed by atoms with Crippen LogP contribution in [0.5, 0.6) is 0 Å². The minimum atomic E-state index is -0.504. The Morgan fingerprint density at radius 1 is 1.27 bits per heavy atom. The molecule has 0 aliphatic carbocycles. The van der Waals surface area contributed by atoms with Crippen LogP contribution in [0.2, 0.25) is 0 Å². The third-order valence-corrected chi connectivity index (χ3v) is 4.12. The van der Waals surface area contributed by atoms with E-state index < -0.39 is 6.10 Å². The maximum Gasteiger partial charge on any atom is 0.254 e. The van der Waals surface area contributed by atoms with Crippen molar-refractivity contribution in [2.24, 2.45) is 0 Å². The van der Waals surface area contributed by atoms with Crippen molar-refractivity contribution in [1.29, 1.82) is 0 Å². The van der Waals surface area contributed by atoms with Crippen molar-refractivity contribution in [2.45, 2.75) is 35.8 Å². The van der Waals surface area contributed by atoms with E-state index >= 15 is 0 Å². The molecule has 1 unspecified atom stereocenters. The number of rotatable bonds is 7. The van der Waals surface area contributed by atoms with Crippen LogP contribution in [-0.2, 0) is 0 Å². The molecule has 2 rings (SSSR count). The number of nitrogens with zero attached hydrogens (tertiary/aromatic N) is 1. The monoisotopic (exact) mass is 316 g/mol. The number of carbonyl (C=O) groups excluding carboxylic acids is 1. The third kappa shape index (κ3) is 4.86. The van der Waals surface area contributed by atoms with Gasteiger partial charge in [0.25, 0.3) is 5.91 Å². The van der Waals surface area contributed by atoms with Gasteiger partial charge in [0, 0.05) is 17.6 Å². The maximum absolute atomic E-state index is 12.3. The van der Waals surface area contributed by atoms with Crippen molar-refractivity contribution in [2.75, 3.05) is 6.54 Å². The molecule has 1 atom stereocenters. The van der Waals surface area contributed by atoms with Gasteiger partial charge in [0.05, 0.1) is 11.7 Å². The Balaban J connectivity index is 2.06. The Morgan fingerprint density at radius 3 is 2.77 bits per heavy atom. The lowest BCUT2D eigenvalue weighted by atomic mass is 10.2. The van der Waals surface area contributed by atoms with E-state index in [1.807, 2.05) is 37.3 Å². The number of aromatic nitrogens is 1. The Hall–Kier alpha value is -1.85. The lowest BCUT2D eigenvalue weighted by Crippen LogP contribution is -2.32. The predicted octanol–water partition coefficient (Wildman–Crippen LogP) is 3.12. The van der Waals surface area contributed by atoms with Gasteiger partial charge in [-0.15, -0.1) is 0 Å². The van der Waals surface area contributed by atoms with Crippen LogP contribution in [-0.4, -0.2) is 28.6 Å². The Morgan fingerprint density at radius 2 is 2.05 bits per heavy atom. The molecular weight excluding hydrogens is 296 g/mol. The van der Waals surface area contributed by atoms with Crippen LogP contribution in [0.4, 0.5) is 0 Å². The van der Waals surface area contributed by atoms with Crippen molar-refractivity contribution < 1.29 is 9.90 Å². The number of carbonyl (C=O) groups is 1. The number of nitrogens with one attached hydrogen (secondary N) is 1. The van der Waals surface area contributed by atoms with Crippen LogP contribution in [0.25, 0.3) is 0 Å². The molecule has 0 saturated heterocycles. The summed E-state index contributed by atoms with van der Waals surface area (Å²) in [5, 5.41) is 13.1. The van der Waals surface area contributed by atoms with Gasteiger partial charge in [0.2, 0.25) is 0 Å². The fraction of sp³-hybridized carbons (Fsp3) is 0.294. The second-order valence-corrected chi connectivity index (χ2v) is 5.99. The number of pyridine rings is 1. The lowest BCUT2D eigenvalue weighted by molar-refractivity contribution is 0.0906. The summed E-state index contributed by atoms with van der Waals surface area (Å²) in [4.78, 5) is 17.6. The first-order valence-electron chi connectivity index (χ1n) is 7.35. The second kappa shape index (κ2) is 8.56. The van der Waals surface area contributed by atoms with Crippen molar-refractivity contribution >= 4 is 17.7 Å². The van der Waals surface area contributed by atoms with Crippen LogP contribution >= 0.6 is 11.8 Å². The highest BCUT2D eigenvalue weighted by Crippen LogP contribution is 2.28. The van der Waals surface area contributed by atoms with E-state index in [-0.39, 0.29) is 12.5 Å². The summed E-state index contributed by atoms with van der Waals surface area (Å²) in [5.41, 5.74) is 0.528. The smallest absolute Gasteiger partial charge is 0.254 e. The van der Waals surface area contributed by atoms with Gasteiger partial charge in [0.15, 0.2) is 0 Å². The molecule has 0 aliphatic heterocycles. The van der Waals surface area contributed by atoms with Gasteiger partial charge >= 0.3 is 0 Å². The minimum absolute atomic E-state index is 0.207. The molecule has 0 radical (unpaired) electrons. The first kappa shape index (κ1) is 16.5. The predicted molar refractivity (Wildman–Crippen MR) is 88.1 cm³/mol. The summed E-state index contributed by atoms with van der Waals surface area (Å²) in [6, 6.07) is 13.3. The van der Waals surface area contributed by atoms with Crippen LogP contribution in [0.15, 0.2) is 58.6 Å². The molecule has 0 spiro atoms. The van der Waals surface area contributed by atoms with Crippen molar-refractivity contribution in [3.8, 4) is 0 Å². The van der Waals surface area contributed by atoms with E-state index in [9.17, 15) is 9.90 Å². The van der Waals surface area contributed by atoms with Gasteiger partial charge in [-0.1, -0.05) is 43.3 Å². The fourth-order valence-corrected chi connectivity index (χ4v) is 2.89. The molecule has 1 aromatic heterocycles. The Labute approximate surface area is 135 Å². The summed E-state index contributed by atoms with van der Waals surface area (Å²) >= 11 is 1.45. The third-order valence-electron chi connectivity index (χ3n) is 3.09. The molecular formula is C17H20N2O2S. The summed E-state index contributed by atoms with van der Waals surface area (Å²) in [5.74, 6) is -0.207. The highest BCUT2D eigenvalue weighted by molar-refractivity contribution is 7.99. The highest BCUT2D eigenvalue weighted by Gasteiger charge is 2.14. The van der Waals surface area contributed by atoms with E-state index in [0.29, 0.717) is 17.0 Å². The Bertz CT molecular complexity index is 605. The molecule has 1 aromatic carbocycles. The van der Waals surface area contributed by atoms with Gasteiger partial charge in [-0.3, -0.25) is 4.79 Å². The average molecular weight is 316 g/mol. The molecule has 116 valence electrons. The van der Waals surface area contributed by atoms with Crippen LogP contribution in [0.1, 0.15) is 30.1 Å². The van der Waals surface area contributed by atoms with E-state index in [1.165, 1.54) is 11.8 Å². The molecule has 1 amide bonds. The number of aliphatic hydroxyl groups is 1. The summed E-state index contributed by atoms with van der Waals surface area (Å²) in [7, 11) is 0. The van der Waals surface area contributed by atoms with E-state index in [2.05, 4.69) is 10.3 Å². The van der Waals surface area contributed by atoms with E-state index in [1.54, 1.807) is 18.3 Å². The van der Waals surface area contributed by atoms with Gasteiger partial charge in [0.1, 0.15) is 5.03 Å². The van der Waals surface area contributed by atoms with Crippen LogP contribution in [0, 0.1) is 0 Å². The molecule has 0 bridgehead atoms. The zero-order valence-corrected chi connectivity index (χ0v) is 13.3. The van der Waals surface area contributed by atoms with Crippen molar-refractivity contribution in [3.05, 3.63) is 54.2 Å². The largest absolute Gasteiger partial charge is 0.391 e. The highest BCUT2D eigenvalue weighted by atomic mass is 32.2. The number of hydrogen-bond acceptors (Lipinski definition) is 4. The van der Waals surface area contributed by atoms with Gasteiger partial charge in [-0.25, -0.2) is 4.98 Å². The molecule has 5 heteroatoms. The number of amides is 1. The quantitative estimate of drug-likeness (QED) is 0.824. The second-order valence-electron chi connectivity index (χ2n) is 4.92. The maximum atomic E-state index is 12.3. The number of aliphatic hydroxyl groups excluding tert-OH is 1. The molecule has 0 saturated carbocycles. The van der Waals surface area contributed by atoms with Crippen molar-refractivity contribution in [3.63, 3.8) is 0 Å². The Kier molecular flexibility index (Phi) is 6.43. The standard InChI is InChI=1S/C17H20N2O2S/c1-2-7-13(20)12-19-16(21)15-10-6-11-18-17(15)22-14-8-4-3-5-9-14/h3-6,8-11,13,20H,2,7,12H2,1H3,(H,19,21). The molecule has 2 aromatic rings. The lowest BCUT2D eigenvalue weighted by Gasteiger charge is -2.12. The minimum Gasteiger partial charge on any atom is -0.391 e. The normalized spacial score (nSPS) is 11.9. The van der Waals surface area contributed by atoms with E-state index in [4.69, 9.17) is 0 Å². The zero-order chi connectivity index (χ0) is 15.8. The average Bonchev–Trinajstić information content (AvgIpc) is 2.54. The fourth-order valence-electron chi connectivity index (χ4n) is 1.99. The molecule has 4 nitrogen and oxygen atoms in total. The molecule has 22 heavy (non-hydrogen) atoms. The SMILES string of the molecule is CCCC(O)CNC(=O)c1cccnc1Sc1ccccc1. The number of benzene rings is 1. The van der Waals surface area contributed by atoms with Crippen LogP contribution in [0.3, 0.4) is 0 Å². The number of hydrogen-bond donors (Lipinski definition) is 2. The van der Waals surface area contributed by atoms with Gasteiger partial charge in [-0.05, 0) is 30.7 Å². The molecule has 0 fully saturated rings. The van der Waals surface area contributed by atoms with Gasteiger partial charge in [-0.2, -0.15) is 0 Å². The molecule has 1 heterocycles. The topological polar surface area (TPSA) is 62.2 Å². The van der Waals surface area contributed by atoms with Crippen molar-refractivity contribution in [1.82, 2.24) is 10.3 Å². The van der Waals surface area contributed by atoms with Crippen LogP contribution < -0.4 is 5.32 Å². The summed E-state index contributed by atoms with van der Waals surface area (Å²) in [6.45, 7) is 2.26. The molecule has 2 N–H and O–H groups in total. The van der Waals surface area contributed by atoms with E-state index in [0.717, 1.165) is 11.3 Å².